The molecule has 0 aliphatic carbocycles. The number of hydrogen-bond donors (Lipinski definition) is 2. The van der Waals surface area contributed by atoms with Crippen molar-refractivity contribution in [3.8, 4) is 0 Å². The van der Waals surface area contributed by atoms with Crippen molar-refractivity contribution < 1.29 is 13.2 Å². The molecule has 0 saturated heterocycles. The quantitative estimate of drug-likeness (QED) is 0.763. The van der Waals surface area contributed by atoms with Crippen molar-refractivity contribution in [2.24, 2.45) is 0 Å². The summed E-state index contributed by atoms with van der Waals surface area (Å²) < 4.78 is 25.8. The third-order valence-corrected chi connectivity index (χ3v) is 4.83. The average Bonchev–Trinajstić information content (AvgIpc) is 2.37. The van der Waals surface area contributed by atoms with E-state index in [-0.39, 0.29) is 23.8 Å². The SMILES string of the molecule is CNC(=O)CCN(C)S(=O)(=O)c1cc(N)ccc1C. The van der Waals surface area contributed by atoms with Gasteiger partial charge in [-0.05, 0) is 24.6 Å². The van der Waals surface area contributed by atoms with E-state index in [1.54, 1.807) is 19.1 Å². The highest BCUT2D eigenvalue weighted by Crippen LogP contribution is 2.21. The maximum Gasteiger partial charge on any atom is 0.243 e. The second kappa shape index (κ2) is 6.03. The lowest BCUT2D eigenvalue weighted by Crippen LogP contribution is -2.31. The Kier molecular flexibility index (Phi) is 4.90. The molecule has 19 heavy (non-hydrogen) atoms. The van der Waals surface area contributed by atoms with Gasteiger partial charge in [-0.2, -0.15) is 0 Å². The van der Waals surface area contributed by atoms with Crippen molar-refractivity contribution in [1.29, 1.82) is 0 Å². The van der Waals surface area contributed by atoms with Gasteiger partial charge in [0.2, 0.25) is 15.9 Å². The highest BCUT2D eigenvalue weighted by atomic mass is 32.2. The third-order valence-electron chi connectivity index (χ3n) is 2.83. The lowest BCUT2D eigenvalue weighted by Gasteiger charge is -2.18. The number of nitrogens with zero attached hydrogens (tertiary/aromatic N) is 1. The second-order valence-electron chi connectivity index (χ2n) is 4.27. The fourth-order valence-corrected chi connectivity index (χ4v) is 2.99. The number of rotatable bonds is 5. The number of carbonyl (C=O) groups is 1. The molecular formula is C12H19N3O3S. The summed E-state index contributed by atoms with van der Waals surface area (Å²) in [5.41, 5.74) is 6.64. The molecule has 7 heteroatoms. The lowest BCUT2D eigenvalue weighted by atomic mass is 10.2. The van der Waals surface area contributed by atoms with Crippen LogP contribution in [0.15, 0.2) is 23.1 Å². The Hall–Kier alpha value is -1.60. The van der Waals surface area contributed by atoms with Crippen LogP contribution in [0.1, 0.15) is 12.0 Å². The molecule has 6 nitrogen and oxygen atoms in total. The smallest absolute Gasteiger partial charge is 0.243 e. The van der Waals surface area contributed by atoms with Gasteiger partial charge in [0.1, 0.15) is 0 Å². The van der Waals surface area contributed by atoms with E-state index in [1.807, 2.05) is 0 Å². The fraction of sp³-hybridized carbons (Fsp3) is 0.417. The molecule has 1 rings (SSSR count). The minimum atomic E-state index is -3.62. The lowest BCUT2D eigenvalue weighted by molar-refractivity contribution is -0.120. The molecule has 0 aromatic heterocycles. The monoisotopic (exact) mass is 285 g/mol. The van der Waals surface area contributed by atoms with E-state index in [9.17, 15) is 13.2 Å². The van der Waals surface area contributed by atoms with Crippen LogP contribution in [-0.2, 0) is 14.8 Å². The summed E-state index contributed by atoms with van der Waals surface area (Å²) in [6, 6.07) is 4.74. The number of nitrogen functional groups attached to an aromatic ring is 1. The highest BCUT2D eigenvalue weighted by Gasteiger charge is 2.23. The zero-order valence-corrected chi connectivity index (χ0v) is 12.1. The zero-order chi connectivity index (χ0) is 14.6. The first-order valence-corrected chi connectivity index (χ1v) is 7.26. The first-order valence-electron chi connectivity index (χ1n) is 5.82. The molecule has 0 bridgehead atoms. The summed E-state index contributed by atoms with van der Waals surface area (Å²) in [5, 5.41) is 2.45. The Bertz CT molecular complexity index is 570. The summed E-state index contributed by atoms with van der Waals surface area (Å²) in [6.45, 7) is 1.83. The van der Waals surface area contributed by atoms with E-state index < -0.39 is 10.0 Å². The molecule has 0 aliphatic heterocycles. The van der Waals surface area contributed by atoms with Crippen molar-refractivity contribution in [1.82, 2.24) is 9.62 Å². The summed E-state index contributed by atoms with van der Waals surface area (Å²) >= 11 is 0. The van der Waals surface area contributed by atoms with E-state index in [0.717, 1.165) is 4.31 Å². The molecule has 3 N–H and O–H groups in total. The van der Waals surface area contributed by atoms with Crippen LogP contribution >= 0.6 is 0 Å². The molecule has 0 spiro atoms. The van der Waals surface area contributed by atoms with E-state index >= 15 is 0 Å². The third kappa shape index (κ3) is 3.68. The number of aryl methyl sites for hydroxylation is 1. The van der Waals surface area contributed by atoms with Crippen LogP contribution in [0.4, 0.5) is 5.69 Å². The summed E-state index contributed by atoms with van der Waals surface area (Å²) in [6.07, 6.45) is 0.119. The second-order valence-corrected chi connectivity index (χ2v) is 6.29. The maximum absolute atomic E-state index is 12.3. The molecule has 1 amide bonds. The van der Waals surface area contributed by atoms with Crippen molar-refractivity contribution in [3.63, 3.8) is 0 Å². The van der Waals surface area contributed by atoms with Gasteiger partial charge >= 0.3 is 0 Å². The number of sulfonamides is 1. The Labute approximate surface area is 113 Å². The van der Waals surface area contributed by atoms with Gasteiger partial charge in [-0.25, -0.2) is 12.7 Å². The van der Waals surface area contributed by atoms with E-state index in [2.05, 4.69) is 5.32 Å². The minimum Gasteiger partial charge on any atom is -0.399 e. The number of hydrogen-bond acceptors (Lipinski definition) is 4. The zero-order valence-electron chi connectivity index (χ0n) is 11.3. The fourth-order valence-electron chi connectivity index (χ4n) is 1.57. The van der Waals surface area contributed by atoms with Crippen LogP contribution in [0.2, 0.25) is 0 Å². The van der Waals surface area contributed by atoms with Crippen molar-refractivity contribution in [2.45, 2.75) is 18.2 Å². The van der Waals surface area contributed by atoms with Crippen LogP contribution in [0.3, 0.4) is 0 Å². The number of nitrogens with two attached hydrogens (primary N) is 1. The van der Waals surface area contributed by atoms with Crippen molar-refractivity contribution in [2.75, 3.05) is 26.4 Å². The van der Waals surface area contributed by atoms with E-state index in [0.29, 0.717) is 11.3 Å². The predicted molar refractivity (Wildman–Crippen MR) is 74.1 cm³/mol. The summed E-state index contributed by atoms with van der Waals surface area (Å²) in [5.74, 6) is -0.202. The normalized spacial score (nSPS) is 11.6. The molecular weight excluding hydrogens is 266 g/mol. The topological polar surface area (TPSA) is 92.5 Å². The first-order chi connectivity index (χ1) is 8.78. The molecule has 0 radical (unpaired) electrons. The molecule has 0 unspecified atom stereocenters. The number of anilines is 1. The van der Waals surface area contributed by atoms with E-state index in [1.165, 1.54) is 20.2 Å². The predicted octanol–water partition coefficient (Wildman–Crippen LogP) is 0.334. The Morgan fingerprint density at radius 3 is 2.63 bits per heavy atom. The molecule has 0 atom stereocenters. The molecule has 0 fully saturated rings. The Morgan fingerprint density at radius 2 is 2.05 bits per heavy atom. The molecule has 1 aromatic rings. The van der Waals surface area contributed by atoms with Gasteiger partial charge in [0, 0.05) is 32.7 Å². The van der Waals surface area contributed by atoms with Crippen molar-refractivity contribution in [3.05, 3.63) is 23.8 Å². The summed E-state index contributed by atoms with van der Waals surface area (Å²) in [7, 11) is -0.665. The van der Waals surface area contributed by atoms with Crippen LogP contribution in [0, 0.1) is 6.92 Å². The van der Waals surface area contributed by atoms with Gasteiger partial charge in [-0.1, -0.05) is 6.07 Å². The number of carbonyl (C=O) groups excluding carboxylic acids is 1. The van der Waals surface area contributed by atoms with Gasteiger partial charge in [0.25, 0.3) is 0 Å². The van der Waals surface area contributed by atoms with Gasteiger partial charge < -0.3 is 11.1 Å². The standard InChI is InChI=1S/C12H19N3O3S/c1-9-4-5-10(13)8-11(9)19(17,18)15(3)7-6-12(16)14-2/h4-5,8H,6-7,13H2,1-3H3,(H,14,16). The highest BCUT2D eigenvalue weighted by molar-refractivity contribution is 7.89. The van der Waals surface area contributed by atoms with E-state index in [4.69, 9.17) is 5.73 Å². The molecule has 0 aliphatic rings. The van der Waals surface area contributed by atoms with Crippen LogP contribution in [0.5, 0.6) is 0 Å². The average molecular weight is 285 g/mol. The van der Waals surface area contributed by atoms with Gasteiger partial charge in [-0.3, -0.25) is 4.79 Å². The van der Waals surface area contributed by atoms with Crippen molar-refractivity contribution >= 4 is 21.6 Å². The van der Waals surface area contributed by atoms with Crippen LogP contribution in [0.25, 0.3) is 0 Å². The number of amides is 1. The largest absolute Gasteiger partial charge is 0.399 e. The van der Waals surface area contributed by atoms with Gasteiger partial charge in [-0.15, -0.1) is 0 Å². The first kappa shape index (κ1) is 15.5. The molecule has 0 heterocycles. The Morgan fingerprint density at radius 1 is 1.42 bits per heavy atom. The minimum absolute atomic E-state index is 0.119. The Balaban J connectivity index is 2.97. The van der Waals surface area contributed by atoms with Crippen LogP contribution in [-0.4, -0.2) is 39.3 Å². The number of benzene rings is 1. The maximum atomic E-state index is 12.3. The molecule has 1 aromatic carbocycles. The van der Waals surface area contributed by atoms with Gasteiger partial charge in [0.05, 0.1) is 4.90 Å². The van der Waals surface area contributed by atoms with Gasteiger partial charge in [0.15, 0.2) is 0 Å². The molecule has 106 valence electrons. The van der Waals surface area contributed by atoms with Crippen LogP contribution < -0.4 is 11.1 Å². The number of nitrogens with one attached hydrogen (secondary N) is 1. The molecule has 0 saturated carbocycles. The summed E-state index contributed by atoms with van der Waals surface area (Å²) in [4.78, 5) is 11.3.